The number of hydrogen-bond donors (Lipinski definition) is 0. The molecule has 0 amide bonds. The van der Waals surface area contributed by atoms with Gasteiger partial charge in [-0.25, -0.2) is 5.11 Å². The summed E-state index contributed by atoms with van der Waals surface area (Å²) in [7, 11) is 0. The Morgan fingerprint density at radius 1 is 0.571 bits per heavy atom. The van der Waals surface area contributed by atoms with Gasteiger partial charge in [-0.3, -0.25) is 0 Å². The number of hydrogen-bond acceptors (Lipinski definition) is 0. The molecule has 0 aliphatic carbocycles. The zero-order chi connectivity index (χ0) is 15.6. The van der Waals surface area contributed by atoms with Crippen LogP contribution in [-0.4, -0.2) is 6.61 Å². The third-order valence-corrected chi connectivity index (χ3v) is 4.82. The highest BCUT2D eigenvalue weighted by Gasteiger charge is 2.05. The van der Waals surface area contributed by atoms with Gasteiger partial charge in [-0.1, -0.05) is 110 Å². The highest BCUT2D eigenvalue weighted by molar-refractivity contribution is 4.57. The molecule has 1 radical (unpaired) electrons. The van der Waals surface area contributed by atoms with Gasteiger partial charge >= 0.3 is 0 Å². The Labute approximate surface area is 134 Å². The van der Waals surface area contributed by atoms with Crippen molar-refractivity contribution in [1.29, 1.82) is 0 Å². The quantitative estimate of drug-likeness (QED) is 0.251. The lowest BCUT2D eigenvalue weighted by Gasteiger charge is -2.12. The molecule has 1 nitrogen and oxygen atoms in total. The third-order valence-electron chi connectivity index (χ3n) is 4.82. The van der Waals surface area contributed by atoms with E-state index in [1.165, 1.54) is 96.3 Å². The molecule has 0 N–H and O–H groups in total. The van der Waals surface area contributed by atoms with Gasteiger partial charge < -0.3 is 0 Å². The fourth-order valence-electron chi connectivity index (χ4n) is 3.17. The van der Waals surface area contributed by atoms with E-state index < -0.39 is 0 Å². The standard InChI is InChI=1S/C20H41O/c1-3-5-6-7-8-9-10-11-12-13-14-15-16-17-20(4-2)18-19-21/h20H,3-19H2,1-2H3. The molecule has 0 fully saturated rings. The number of rotatable bonds is 17. The second-order valence-corrected chi connectivity index (χ2v) is 6.80. The molecule has 1 unspecified atom stereocenters. The Kier molecular flexibility index (Phi) is 18.0. The van der Waals surface area contributed by atoms with E-state index >= 15 is 0 Å². The second-order valence-electron chi connectivity index (χ2n) is 6.80. The van der Waals surface area contributed by atoms with Crippen LogP contribution in [0.1, 0.15) is 117 Å². The lowest BCUT2D eigenvalue weighted by atomic mass is 9.95. The maximum Gasteiger partial charge on any atom is 0.0825 e. The Morgan fingerprint density at radius 3 is 1.38 bits per heavy atom. The highest BCUT2D eigenvalue weighted by Crippen LogP contribution is 2.18. The van der Waals surface area contributed by atoms with Crippen LogP contribution in [-0.2, 0) is 5.11 Å². The van der Waals surface area contributed by atoms with E-state index in [1.54, 1.807) is 0 Å². The molecular weight excluding hydrogens is 256 g/mol. The average molecular weight is 298 g/mol. The van der Waals surface area contributed by atoms with E-state index in [9.17, 15) is 5.11 Å². The molecular formula is C20H41O. The first kappa shape index (κ1) is 21.0. The van der Waals surface area contributed by atoms with E-state index in [4.69, 9.17) is 0 Å². The Hall–Kier alpha value is -0.0400. The van der Waals surface area contributed by atoms with Gasteiger partial charge in [0.25, 0.3) is 0 Å². The first-order chi connectivity index (χ1) is 10.3. The summed E-state index contributed by atoms with van der Waals surface area (Å²) in [6, 6.07) is 0. The predicted octanol–water partition coefficient (Wildman–Crippen LogP) is 7.31. The van der Waals surface area contributed by atoms with Gasteiger partial charge in [0, 0.05) is 0 Å². The van der Waals surface area contributed by atoms with Gasteiger partial charge in [0.15, 0.2) is 0 Å². The van der Waals surface area contributed by atoms with E-state index in [2.05, 4.69) is 13.8 Å². The van der Waals surface area contributed by atoms with Gasteiger partial charge in [-0.2, -0.15) is 0 Å². The molecule has 21 heavy (non-hydrogen) atoms. The van der Waals surface area contributed by atoms with Crippen molar-refractivity contribution in [2.24, 2.45) is 5.92 Å². The topological polar surface area (TPSA) is 19.9 Å². The largest absolute Gasteiger partial charge is 0.237 e. The molecule has 0 heterocycles. The van der Waals surface area contributed by atoms with Crippen LogP contribution >= 0.6 is 0 Å². The summed E-state index contributed by atoms with van der Waals surface area (Å²) in [5, 5.41) is 10.6. The molecule has 0 aromatic carbocycles. The van der Waals surface area contributed by atoms with Crippen LogP contribution in [0.2, 0.25) is 0 Å². The Bertz CT molecular complexity index is 179. The summed E-state index contributed by atoms with van der Waals surface area (Å²) in [4.78, 5) is 0. The van der Waals surface area contributed by atoms with Crippen molar-refractivity contribution < 1.29 is 5.11 Å². The molecule has 0 aliphatic rings. The number of unbranched alkanes of at least 4 members (excludes halogenated alkanes) is 12. The van der Waals surface area contributed by atoms with Crippen molar-refractivity contribution in [2.75, 3.05) is 6.61 Å². The normalized spacial score (nSPS) is 12.7. The first-order valence-corrected chi connectivity index (χ1v) is 9.93. The van der Waals surface area contributed by atoms with Crippen molar-refractivity contribution >= 4 is 0 Å². The first-order valence-electron chi connectivity index (χ1n) is 9.93. The molecule has 0 bridgehead atoms. The van der Waals surface area contributed by atoms with Crippen LogP contribution in [0.3, 0.4) is 0 Å². The summed E-state index contributed by atoms with van der Waals surface area (Å²) in [5.41, 5.74) is 0. The summed E-state index contributed by atoms with van der Waals surface area (Å²) in [5.74, 6) is 0.704. The fourth-order valence-corrected chi connectivity index (χ4v) is 3.17. The molecule has 0 spiro atoms. The SMILES string of the molecule is CCCCCCCCCCCCCCCC(CC)CC[O]. The van der Waals surface area contributed by atoms with Crippen LogP contribution in [0.5, 0.6) is 0 Å². The molecule has 0 aromatic rings. The van der Waals surface area contributed by atoms with Gasteiger partial charge in [0.1, 0.15) is 0 Å². The molecule has 1 heteroatoms. The van der Waals surface area contributed by atoms with Gasteiger partial charge in [-0.05, 0) is 12.3 Å². The van der Waals surface area contributed by atoms with Crippen molar-refractivity contribution in [3.63, 3.8) is 0 Å². The lowest BCUT2D eigenvalue weighted by molar-refractivity contribution is 0.166. The zero-order valence-electron chi connectivity index (χ0n) is 15.0. The summed E-state index contributed by atoms with van der Waals surface area (Å²) in [6.07, 6.45) is 21.9. The Balaban J connectivity index is 3.08. The second kappa shape index (κ2) is 18.0. The molecule has 0 aromatic heterocycles. The van der Waals surface area contributed by atoms with Gasteiger partial charge in [0.2, 0.25) is 0 Å². The smallest absolute Gasteiger partial charge is 0.0825 e. The monoisotopic (exact) mass is 297 g/mol. The minimum absolute atomic E-state index is 0.122. The fraction of sp³-hybridized carbons (Fsp3) is 1.00. The van der Waals surface area contributed by atoms with Crippen LogP contribution in [0, 0.1) is 5.92 Å². The summed E-state index contributed by atoms with van der Waals surface area (Å²) in [6.45, 7) is 4.63. The molecule has 0 saturated heterocycles. The van der Waals surface area contributed by atoms with E-state index in [1.807, 2.05) is 0 Å². The van der Waals surface area contributed by atoms with Crippen molar-refractivity contribution in [2.45, 2.75) is 117 Å². The maximum absolute atomic E-state index is 10.6. The van der Waals surface area contributed by atoms with Crippen LogP contribution in [0.15, 0.2) is 0 Å². The van der Waals surface area contributed by atoms with Crippen molar-refractivity contribution in [1.82, 2.24) is 0 Å². The summed E-state index contributed by atoms with van der Waals surface area (Å²) >= 11 is 0. The average Bonchev–Trinajstić information content (AvgIpc) is 2.50. The molecule has 1 atom stereocenters. The lowest BCUT2D eigenvalue weighted by Crippen LogP contribution is -2.01. The van der Waals surface area contributed by atoms with Crippen LogP contribution in [0.4, 0.5) is 0 Å². The highest BCUT2D eigenvalue weighted by atomic mass is 16.3. The van der Waals surface area contributed by atoms with Crippen molar-refractivity contribution in [3.05, 3.63) is 0 Å². The molecule has 0 aliphatic heterocycles. The molecule has 0 saturated carbocycles. The predicted molar refractivity (Wildman–Crippen MR) is 94.3 cm³/mol. The van der Waals surface area contributed by atoms with Crippen LogP contribution < -0.4 is 0 Å². The Morgan fingerprint density at radius 2 is 1.00 bits per heavy atom. The minimum atomic E-state index is 0.122. The minimum Gasteiger partial charge on any atom is -0.237 e. The van der Waals surface area contributed by atoms with Crippen LogP contribution in [0.25, 0.3) is 0 Å². The van der Waals surface area contributed by atoms with E-state index in [0.29, 0.717) is 5.92 Å². The van der Waals surface area contributed by atoms with E-state index in [-0.39, 0.29) is 6.61 Å². The van der Waals surface area contributed by atoms with Gasteiger partial charge in [-0.15, -0.1) is 0 Å². The van der Waals surface area contributed by atoms with Crippen molar-refractivity contribution in [3.8, 4) is 0 Å². The van der Waals surface area contributed by atoms with Gasteiger partial charge in [0.05, 0.1) is 6.61 Å². The van der Waals surface area contributed by atoms with E-state index in [0.717, 1.165) is 6.42 Å². The molecule has 127 valence electrons. The summed E-state index contributed by atoms with van der Waals surface area (Å²) < 4.78 is 0. The zero-order valence-corrected chi connectivity index (χ0v) is 15.0. The maximum atomic E-state index is 10.6. The third kappa shape index (κ3) is 16.2. The molecule has 0 rings (SSSR count).